The first-order valence-corrected chi connectivity index (χ1v) is 7.66. The van der Waals surface area contributed by atoms with Gasteiger partial charge in [-0.15, -0.1) is 0 Å². The number of aromatic nitrogens is 1. The number of benzene rings is 2. The van der Waals surface area contributed by atoms with Gasteiger partial charge in [0.05, 0.1) is 6.42 Å². The Morgan fingerprint density at radius 1 is 1.00 bits per heavy atom. The van der Waals surface area contributed by atoms with Gasteiger partial charge in [-0.25, -0.2) is 0 Å². The lowest BCUT2D eigenvalue weighted by molar-refractivity contribution is -0.137. The fraction of sp³-hybridized carbons (Fsp3) is 0.158. The van der Waals surface area contributed by atoms with Crippen molar-refractivity contribution in [2.45, 2.75) is 19.3 Å². The second-order valence-electron chi connectivity index (χ2n) is 5.71. The third-order valence-corrected chi connectivity index (χ3v) is 3.99. The number of aliphatic carboxylic acids is 2. The minimum Gasteiger partial charge on any atom is -0.481 e. The summed E-state index contributed by atoms with van der Waals surface area (Å²) in [5.41, 5.74) is 4.47. The lowest BCUT2D eigenvalue weighted by Gasteiger charge is -2.08. The minimum atomic E-state index is -0.874. The zero-order chi connectivity index (χ0) is 17.1. The number of fused-ring (bicyclic) bond motifs is 1. The standard InChI is InChI=1S/C19H17NO4/c21-17(22)8-7-12-3-1-4-13(9-12)15-5-2-6-16-19(15)14(11-20-16)10-18(23)24/h1-6,9,11,20H,7-8,10H2,(H,21,22)(H,23,24). The van der Waals surface area contributed by atoms with Crippen molar-refractivity contribution in [3.8, 4) is 11.1 Å². The summed E-state index contributed by atoms with van der Waals surface area (Å²) in [4.78, 5) is 25.0. The van der Waals surface area contributed by atoms with Crippen LogP contribution in [0.3, 0.4) is 0 Å². The molecule has 24 heavy (non-hydrogen) atoms. The van der Waals surface area contributed by atoms with E-state index in [9.17, 15) is 9.59 Å². The molecule has 5 heteroatoms. The van der Waals surface area contributed by atoms with Gasteiger partial charge >= 0.3 is 11.9 Å². The normalized spacial score (nSPS) is 10.8. The molecule has 3 N–H and O–H groups in total. The molecule has 0 bridgehead atoms. The number of hydrogen-bond donors (Lipinski definition) is 3. The predicted molar refractivity (Wildman–Crippen MR) is 91.0 cm³/mol. The Labute approximate surface area is 138 Å². The number of aromatic amines is 1. The molecule has 0 spiro atoms. The monoisotopic (exact) mass is 323 g/mol. The summed E-state index contributed by atoms with van der Waals surface area (Å²) in [5, 5.41) is 18.8. The number of aryl methyl sites for hydroxylation is 1. The zero-order valence-corrected chi connectivity index (χ0v) is 13.0. The van der Waals surface area contributed by atoms with Crippen molar-refractivity contribution >= 4 is 22.8 Å². The molecule has 0 radical (unpaired) electrons. The van der Waals surface area contributed by atoms with Gasteiger partial charge in [-0.05, 0) is 34.7 Å². The van der Waals surface area contributed by atoms with Crippen LogP contribution in [-0.4, -0.2) is 27.1 Å². The van der Waals surface area contributed by atoms with E-state index in [1.54, 1.807) is 6.20 Å². The second-order valence-corrected chi connectivity index (χ2v) is 5.71. The summed E-state index contributed by atoms with van der Waals surface area (Å²) in [7, 11) is 0. The van der Waals surface area contributed by atoms with Gasteiger partial charge in [0.15, 0.2) is 0 Å². The van der Waals surface area contributed by atoms with Crippen LogP contribution < -0.4 is 0 Å². The van der Waals surface area contributed by atoms with Crippen LogP contribution in [0.1, 0.15) is 17.5 Å². The number of rotatable bonds is 6. The third kappa shape index (κ3) is 3.30. The lowest BCUT2D eigenvalue weighted by Crippen LogP contribution is -1.99. The fourth-order valence-electron chi connectivity index (χ4n) is 2.94. The number of nitrogens with one attached hydrogen (secondary N) is 1. The molecule has 0 fully saturated rings. The average molecular weight is 323 g/mol. The molecule has 3 rings (SSSR count). The third-order valence-electron chi connectivity index (χ3n) is 3.99. The fourth-order valence-corrected chi connectivity index (χ4v) is 2.94. The van der Waals surface area contributed by atoms with E-state index in [1.165, 1.54) is 0 Å². The first-order chi connectivity index (χ1) is 11.5. The smallest absolute Gasteiger partial charge is 0.307 e. The quantitative estimate of drug-likeness (QED) is 0.648. The van der Waals surface area contributed by atoms with Crippen LogP contribution in [0.15, 0.2) is 48.7 Å². The van der Waals surface area contributed by atoms with Crippen molar-refractivity contribution in [3.63, 3.8) is 0 Å². The van der Waals surface area contributed by atoms with Crippen LogP contribution in [0, 0.1) is 0 Å². The van der Waals surface area contributed by atoms with Crippen LogP contribution in [0.5, 0.6) is 0 Å². The van der Waals surface area contributed by atoms with Crippen LogP contribution in [0.25, 0.3) is 22.0 Å². The number of H-pyrrole nitrogens is 1. The van der Waals surface area contributed by atoms with Crippen molar-refractivity contribution in [2.24, 2.45) is 0 Å². The highest BCUT2D eigenvalue weighted by atomic mass is 16.4. The largest absolute Gasteiger partial charge is 0.481 e. The van der Waals surface area contributed by atoms with Gasteiger partial charge in [-0.1, -0.05) is 36.4 Å². The van der Waals surface area contributed by atoms with Gasteiger partial charge in [0, 0.05) is 23.5 Å². The van der Waals surface area contributed by atoms with Gasteiger partial charge in [0.25, 0.3) is 0 Å². The first kappa shape index (κ1) is 15.8. The van der Waals surface area contributed by atoms with Crippen LogP contribution in [-0.2, 0) is 22.4 Å². The lowest BCUT2D eigenvalue weighted by atomic mass is 9.96. The SMILES string of the molecule is O=C(O)CCc1cccc(-c2cccc3[nH]cc(CC(=O)O)c23)c1. The van der Waals surface area contributed by atoms with Gasteiger partial charge in [0.1, 0.15) is 0 Å². The molecule has 0 saturated heterocycles. The van der Waals surface area contributed by atoms with Crippen molar-refractivity contribution in [2.75, 3.05) is 0 Å². The predicted octanol–water partition coefficient (Wildman–Crippen LogP) is 3.48. The van der Waals surface area contributed by atoms with Crippen molar-refractivity contribution < 1.29 is 19.8 Å². The van der Waals surface area contributed by atoms with Gasteiger partial charge in [0.2, 0.25) is 0 Å². The molecule has 0 saturated carbocycles. The van der Waals surface area contributed by atoms with E-state index in [0.29, 0.717) is 6.42 Å². The molecule has 0 unspecified atom stereocenters. The maximum Gasteiger partial charge on any atom is 0.307 e. The van der Waals surface area contributed by atoms with E-state index in [0.717, 1.165) is 33.2 Å². The van der Waals surface area contributed by atoms with E-state index >= 15 is 0 Å². The Balaban J connectivity index is 2.05. The summed E-state index contributed by atoms with van der Waals surface area (Å²) in [6.45, 7) is 0. The Kier molecular flexibility index (Phi) is 4.33. The Morgan fingerprint density at radius 3 is 2.54 bits per heavy atom. The molecule has 1 heterocycles. The number of carbonyl (C=O) groups is 2. The van der Waals surface area contributed by atoms with E-state index in [-0.39, 0.29) is 12.8 Å². The summed E-state index contributed by atoms with van der Waals surface area (Å²) in [6, 6.07) is 13.5. The van der Waals surface area contributed by atoms with Crippen molar-refractivity contribution in [1.29, 1.82) is 0 Å². The molecule has 0 aliphatic carbocycles. The molecule has 0 aliphatic heterocycles. The molecule has 1 aromatic heterocycles. The summed E-state index contributed by atoms with van der Waals surface area (Å²) in [5.74, 6) is -1.70. The van der Waals surface area contributed by atoms with Crippen LogP contribution in [0.2, 0.25) is 0 Å². The van der Waals surface area contributed by atoms with Crippen LogP contribution in [0.4, 0.5) is 0 Å². The molecule has 0 aliphatic rings. The summed E-state index contributed by atoms with van der Waals surface area (Å²) in [6.07, 6.45) is 2.24. The summed E-state index contributed by atoms with van der Waals surface area (Å²) < 4.78 is 0. The highest BCUT2D eigenvalue weighted by molar-refractivity contribution is 5.99. The highest BCUT2D eigenvalue weighted by Crippen LogP contribution is 2.32. The second kappa shape index (κ2) is 6.58. The van der Waals surface area contributed by atoms with Crippen molar-refractivity contribution in [3.05, 3.63) is 59.8 Å². The molecule has 0 amide bonds. The Bertz CT molecular complexity index is 911. The molecule has 122 valence electrons. The Morgan fingerprint density at radius 2 is 1.79 bits per heavy atom. The molecular formula is C19H17NO4. The van der Waals surface area contributed by atoms with Crippen molar-refractivity contribution in [1.82, 2.24) is 4.98 Å². The van der Waals surface area contributed by atoms with Gasteiger partial charge in [-0.3, -0.25) is 9.59 Å². The highest BCUT2D eigenvalue weighted by Gasteiger charge is 2.13. The molecule has 2 aromatic carbocycles. The topological polar surface area (TPSA) is 90.4 Å². The average Bonchev–Trinajstić information content (AvgIpc) is 2.96. The van der Waals surface area contributed by atoms with E-state index < -0.39 is 11.9 Å². The van der Waals surface area contributed by atoms with E-state index in [4.69, 9.17) is 10.2 Å². The molecular weight excluding hydrogens is 306 g/mol. The van der Waals surface area contributed by atoms with E-state index in [1.807, 2.05) is 42.5 Å². The van der Waals surface area contributed by atoms with Crippen LogP contribution >= 0.6 is 0 Å². The Hall–Kier alpha value is -3.08. The van der Waals surface area contributed by atoms with Gasteiger partial charge < -0.3 is 15.2 Å². The number of hydrogen-bond acceptors (Lipinski definition) is 2. The number of carboxylic acids is 2. The minimum absolute atomic E-state index is 0.0459. The van der Waals surface area contributed by atoms with Gasteiger partial charge in [-0.2, -0.15) is 0 Å². The maximum atomic E-state index is 11.1. The number of carboxylic acid groups (broad SMARTS) is 2. The van der Waals surface area contributed by atoms with E-state index in [2.05, 4.69) is 4.98 Å². The zero-order valence-electron chi connectivity index (χ0n) is 13.0. The molecule has 5 nitrogen and oxygen atoms in total. The molecule has 3 aromatic rings. The first-order valence-electron chi connectivity index (χ1n) is 7.66. The maximum absolute atomic E-state index is 11.1. The molecule has 0 atom stereocenters. The summed E-state index contributed by atoms with van der Waals surface area (Å²) >= 11 is 0.